The minimum Gasteiger partial charge on any atom is -0.355 e. The second kappa shape index (κ2) is 9.33. The maximum atomic E-state index is 13.9. The van der Waals surface area contributed by atoms with Crippen LogP contribution in [0.5, 0.6) is 0 Å². The third kappa shape index (κ3) is 4.36. The molecule has 0 unspecified atom stereocenters. The minimum atomic E-state index is -0.652. The molecule has 6 nitrogen and oxygen atoms in total. The van der Waals surface area contributed by atoms with Crippen molar-refractivity contribution < 1.29 is 18.8 Å². The van der Waals surface area contributed by atoms with Gasteiger partial charge in [-0.15, -0.1) is 0 Å². The fourth-order valence-electron chi connectivity index (χ4n) is 5.34. The first kappa shape index (κ1) is 23.0. The number of halogens is 1. The van der Waals surface area contributed by atoms with Gasteiger partial charge in [0.2, 0.25) is 11.8 Å². The van der Waals surface area contributed by atoms with Crippen LogP contribution in [0, 0.1) is 5.82 Å². The molecule has 0 spiro atoms. The van der Waals surface area contributed by atoms with E-state index in [4.69, 9.17) is 0 Å². The third-order valence-electron chi connectivity index (χ3n) is 7.10. The Bertz CT molecular complexity index is 1050. The molecule has 4 rings (SSSR count). The maximum Gasteiger partial charge on any atom is 0.251 e. The van der Waals surface area contributed by atoms with Crippen molar-refractivity contribution in [1.29, 1.82) is 0 Å². The van der Waals surface area contributed by atoms with Crippen molar-refractivity contribution in [1.82, 2.24) is 15.1 Å². The molecule has 2 aromatic rings. The highest BCUT2D eigenvalue weighted by Gasteiger charge is 2.46. The van der Waals surface area contributed by atoms with Crippen LogP contribution in [0.2, 0.25) is 0 Å². The largest absolute Gasteiger partial charge is 0.355 e. The van der Waals surface area contributed by atoms with E-state index in [9.17, 15) is 18.8 Å². The normalized spacial score (nSPS) is 19.9. The zero-order valence-electron chi connectivity index (χ0n) is 19.1. The van der Waals surface area contributed by atoms with Gasteiger partial charge in [0.05, 0.1) is 11.5 Å². The van der Waals surface area contributed by atoms with Crippen molar-refractivity contribution >= 4 is 17.7 Å². The van der Waals surface area contributed by atoms with E-state index in [1.165, 1.54) is 19.1 Å². The molecule has 33 heavy (non-hydrogen) atoms. The summed E-state index contributed by atoms with van der Waals surface area (Å²) < 4.78 is 13.6. The highest BCUT2D eigenvalue weighted by molar-refractivity contribution is 5.94. The third-order valence-corrected chi connectivity index (χ3v) is 7.10. The lowest BCUT2D eigenvalue weighted by atomic mass is 9.77. The molecule has 0 bridgehead atoms. The van der Waals surface area contributed by atoms with Crippen molar-refractivity contribution in [2.45, 2.75) is 44.1 Å². The van der Waals surface area contributed by atoms with Crippen LogP contribution in [-0.4, -0.2) is 54.2 Å². The number of hydrogen-bond donors (Lipinski definition) is 1. The van der Waals surface area contributed by atoms with Crippen LogP contribution in [0.25, 0.3) is 0 Å². The van der Waals surface area contributed by atoms with Gasteiger partial charge < -0.3 is 15.1 Å². The fourth-order valence-corrected chi connectivity index (χ4v) is 5.34. The van der Waals surface area contributed by atoms with E-state index in [1.54, 1.807) is 42.3 Å². The number of nitrogens with zero attached hydrogens (tertiary/aromatic N) is 2. The van der Waals surface area contributed by atoms with Crippen molar-refractivity contribution in [2.75, 3.05) is 26.7 Å². The Labute approximate surface area is 193 Å². The number of rotatable bonds is 4. The molecule has 0 radical (unpaired) electrons. The number of amides is 3. The first-order valence-electron chi connectivity index (χ1n) is 11.5. The van der Waals surface area contributed by atoms with Crippen LogP contribution in [0.3, 0.4) is 0 Å². The molecule has 2 fully saturated rings. The number of piperazine rings is 1. The van der Waals surface area contributed by atoms with Gasteiger partial charge in [-0.25, -0.2) is 4.39 Å². The lowest BCUT2D eigenvalue weighted by Gasteiger charge is -2.44. The molecule has 0 aromatic heterocycles. The van der Waals surface area contributed by atoms with Gasteiger partial charge in [0.25, 0.3) is 5.91 Å². The summed E-state index contributed by atoms with van der Waals surface area (Å²) in [7, 11) is 1.58. The molecular formula is C26H30FN3O3. The predicted molar refractivity (Wildman–Crippen MR) is 123 cm³/mol. The average molecular weight is 452 g/mol. The molecule has 1 saturated carbocycles. The van der Waals surface area contributed by atoms with E-state index in [0.717, 1.165) is 36.8 Å². The number of nitrogens with one attached hydrogen (secondary N) is 1. The summed E-state index contributed by atoms with van der Waals surface area (Å²) in [4.78, 5) is 42.1. The topological polar surface area (TPSA) is 69.7 Å². The number of hydrogen-bond acceptors (Lipinski definition) is 3. The Morgan fingerprint density at radius 1 is 1.03 bits per heavy atom. The highest BCUT2D eigenvalue weighted by atomic mass is 19.1. The molecule has 7 heteroatoms. The standard InChI is InChI=1S/C26H30FN3O3/c1-18(31)30-15-14-29(17-23(30)19-6-5-7-20(16-19)24(32)28-2)25(33)26(12-3-4-13-26)21-8-10-22(27)11-9-21/h5-11,16,23H,3-4,12-15,17H2,1-2H3,(H,28,32)/t23-/m0/s1. The molecular weight excluding hydrogens is 421 g/mol. The predicted octanol–water partition coefficient (Wildman–Crippen LogP) is 3.43. The Hall–Kier alpha value is -3.22. The Morgan fingerprint density at radius 2 is 1.73 bits per heavy atom. The van der Waals surface area contributed by atoms with Gasteiger partial charge in [0.15, 0.2) is 0 Å². The maximum absolute atomic E-state index is 13.9. The molecule has 1 atom stereocenters. The summed E-state index contributed by atoms with van der Waals surface area (Å²) in [5.74, 6) is -0.532. The van der Waals surface area contributed by atoms with Crippen LogP contribution < -0.4 is 5.32 Å². The Balaban J connectivity index is 1.65. The molecule has 174 valence electrons. The second-order valence-corrected chi connectivity index (χ2v) is 8.98. The van der Waals surface area contributed by atoms with E-state index in [0.29, 0.717) is 25.2 Å². The summed E-state index contributed by atoms with van der Waals surface area (Å²) in [5, 5.41) is 2.63. The molecule has 2 aliphatic rings. The molecule has 1 N–H and O–H groups in total. The first-order valence-corrected chi connectivity index (χ1v) is 11.5. The van der Waals surface area contributed by atoms with Gasteiger partial charge in [-0.2, -0.15) is 0 Å². The van der Waals surface area contributed by atoms with E-state index in [1.807, 2.05) is 11.0 Å². The van der Waals surface area contributed by atoms with Gasteiger partial charge in [0.1, 0.15) is 5.82 Å². The quantitative estimate of drug-likeness (QED) is 0.774. The summed E-state index contributed by atoms with van der Waals surface area (Å²) in [5.41, 5.74) is 1.55. The molecule has 1 saturated heterocycles. The van der Waals surface area contributed by atoms with E-state index < -0.39 is 5.41 Å². The van der Waals surface area contributed by atoms with E-state index in [2.05, 4.69) is 5.32 Å². The zero-order chi connectivity index (χ0) is 23.6. The van der Waals surface area contributed by atoms with Gasteiger partial charge in [0, 0.05) is 39.2 Å². The van der Waals surface area contributed by atoms with Crippen LogP contribution in [-0.2, 0) is 15.0 Å². The minimum absolute atomic E-state index is 0.0438. The lowest BCUT2D eigenvalue weighted by molar-refractivity contribution is -0.145. The molecule has 1 aliphatic heterocycles. The van der Waals surface area contributed by atoms with Gasteiger partial charge in [-0.05, 0) is 48.2 Å². The summed E-state index contributed by atoms with van der Waals surface area (Å²) in [6.45, 7) is 2.77. The van der Waals surface area contributed by atoms with Gasteiger partial charge in [-0.3, -0.25) is 14.4 Å². The van der Waals surface area contributed by atoms with Crippen molar-refractivity contribution in [3.05, 3.63) is 71.0 Å². The average Bonchev–Trinajstić information content (AvgIpc) is 3.34. The van der Waals surface area contributed by atoms with Gasteiger partial charge >= 0.3 is 0 Å². The van der Waals surface area contributed by atoms with Crippen LogP contribution >= 0.6 is 0 Å². The van der Waals surface area contributed by atoms with Crippen LogP contribution in [0.1, 0.15) is 60.1 Å². The fraction of sp³-hybridized carbons (Fsp3) is 0.423. The SMILES string of the molecule is CNC(=O)c1cccc([C@@H]2CN(C(=O)C3(c4ccc(F)cc4)CCCC3)CCN2C(C)=O)c1. The van der Waals surface area contributed by atoms with Gasteiger partial charge in [-0.1, -0.05) is 37.1 Å². The van der Waals surface area contributed by atoms with Crippen LogP contribution in [0.4, 0.5) is 4.39 Å². The Kier molecular flexibility index (Phi) is 6.49. The summed E-state index contributed by atoms with van der Waals surface area (Å²) in [6, 6.07) is 13.2. The molecule has 1 aliphatic carbocycles. The molecule has 3 amide bonds. The highest BCUT2D eigenvalue weighted by Crippen LogP contribution is 2.43. The summed E-state index contributed by atoms with van der Waals surface area (Å²) in [6.07, 6.45) is 3.38. The first-order chi connectivity index (χ1) is 15.9. The van der Waals surface area contributed by atoms with E-state index in [-0.39, 0.29) is 29.6 Å². The summed E-state index contributed by atoms with van der Waals surface area (Å²) >= 11 is 0. The van der Waals surface area contributed by atoms with Crippen molar-refractivity contribution in [3.63, 3.8) is 0 Å². The second-order valence-electron chi connectivity index (χ2n) is 8.98. The van der Waals surface area contributed by atoms with E-state index >= 15 is 0 Å². The monoisotopic (exact) mass is 451 g/mol. The molecule has 1 heterocycles. The van der Waals surface area contributed by atoms with Crippen LogP contribution in [0.15, 0.2) is 48.5 Å². The molecule has 2 aromatic carbocycles. The zero-order valence-corrected chi connectivity index (χ0v) is 19.1. The lowest BCUT2D eigenvalue weighted by Crippen LogP contribution is -2.56. The van der Waals surface area contributed by atoms with Crippen molar-refractivity contribution in [2.24, 2.45) is 0 Å². The number of carbonyl (C=O) groups excluding carboxylic acids is 3. The Morgan fingerprint density at radius 3 is 2.36 bits per heavy atom. The number of benzene rings is 2. The van der Waals surface area contributed by atoms with Crippen molar-refractivity contribution in [3.8, 4) is 0 Å². The number of carbonyl (C=O) groups is 3. The smallest absolute Gasteiger partial charge is 0.251 e.